The second-order valence-electron chi connectivity index (χ2n) is 7.81. The Balaban J connectivity index is 1.70. The first kappa shape index (κ1) is 16.9. The molecule has 0 fully saturated rings. The van der Waals surface area contributed by atoms with Gasteiger partial charge in [0.2, 0.25) is 0 Å². The van der Waals surface area contributed by atoms with Gasteiger partial charge in [-0.2, -0.15) is 0 Å². The lowest BCUT2D eigenvalue weighted by molar-refractivity contribution is 0.0505. The predicted molar refractivity (Wildman–Crippen MR) is 108 cm³/mol. The van der Waals surface area contributed by atoms with Gasteiger partial charge in [0.25, 0.3) is 11.8 Å². The van der Waals surface area contributed by atoms with Crippen LogP contribution in [0, 0.1) is 0 Å². The van der Waals surface area contributed by atoms with E-state index in [9.17, 15) is 9.59 Å². The van der Waals surface area contributed by atoms with E-state index in [-0.39, 0.29) is 17.9 Å². The Morgan fingerprint density at radius 1 is 0.786 bits per heavy atom. The molecule has 138 valence electrons. The number of benzene rings is 3. The molecule has 2 amide bonds. The van der Waals surface area contributed by atoms with Crippen molar-refractivity contribution in [2.24, 2.45) is 0 Å². The van der Waals surface area contributed by atoms with Gasteiger partial charge in [-0.1, -0.05) is 66.7 Å². The molecule has 5 rings (SSSR count). The third-order valence-electron chi connectivity index (χ3n) is 6.44. The Morgan fingerprint density at radius 2 is 1.36 bits per heavy atom. The van der Waals surface area contributed by atoms with E-state index in [0.717, 1.165) is 18.4 Å². The van der Waals surface area contributed by atoms with Crippen LogP contribution in [0.15, 0.2) is 78.9 Å². The van der Waals surface area contributed by atoms with Gasteiger partial charge in [0.05, 0.1) is 17.2 Å². The van der Waals surface area contributed by atoms with Gasteiger partial charge in [-0.3, -0.25) is 14.5 Å². The quantitative estimate of drug-likeness (QED) is 0.621. The van der Waals surface area contributed by atoms with Gasteiger partial charge in [-0.25, -0.2) is 0 Å². The molecule has 0 unspecified atom stereocenters. The second kappa shape index (κ2) is 6.16. The van der Waals surface area contributed by atoms with E-state index in [0.29, 0.717) is 11.1 Å². The third-order valence-corrected chi connectivity index (χ3v) is 6.44. The monoisotopic (exact) mass is 367 g/mol. The van der Waals surface area contributed by atoms with Gasteiger partial charge < -0.3 is 0 Å². The summed E-state index contributed by atoms with van der Waals surface area (Å²) in [6, 6.07) is 25.6. The molecular weight excluding hydrogens is 346 g/mol. The van der Waals surface area contributed by atoms with Crippen LogP contribution < -0.4 is 0 Å². The molecule has 3 aromatic rings. The topological polar surface area (TPSA) is 37.4 Å². The number of amides is 2. The van der Waals surface area contributed by atoms with Crippen molar-refractivity contribution in [3.8, 4) is 0 Å². The number of hydrogen-bond acceptors (Lipinski definition) is 2. The Hall–Kier alpha value is -3.20. The number of rotatable bonds is 2. The summed E-state index contributed by atoms with van der Waals surface area (Å²) in [5.74, 6) is -0.348. The maximum absolute atomic E-state index is 13.2. The lowest BCUT2D eigenvalue weighted by Crippen LogP contribution is -2.54. The maximum Gasteiger partial charge on any atom is 0.261 e. The van der Waals surface area contributed by atoms with Crippen molar-refractivity contribution in [1.29, 1.82) is 0 Å². The second-order valence-corrected chi connectivity index (χ2v) is 7.81. The molecule has 1 aliphatic carbocycles. The summed E-state index contributed by atoms with van der Waals surface area (Å²) in [5.41, 5.74) is 4.20. The summed E-state index contributed by atoms with van der Waals surface area (Å²) in [5, 5.41) is 0. The zero-order valence-electron chi connectivity index (χ0n) is 15.8. The van der Waals surface area contributed by atoms with Gasteiger partial charge in [-0.05, 0) is 48.6 Å². The highest BCUT2D eigenvalue weighted by molar-refractivity contribution is 6.21. The molecule has 3 aromatic carbocycles. The molecule has 0 radical (unpaired) electrons. The SMILES string of the molecule is C[C@@]1(c2ccccc2)c2ccccc2CC[C@H]1N1C(=O)c2ccccc2C1=O. The summed E-state index contributed by atoms with van der Waals surface area (Å²) >= 11 is 0. The first-order chi connectivity index (χ1) is 13.6. The van der Waals surface area contributed by atoms with Crippen LogP contribution in [0.2, 0.25) is 0 Å². The van der Waals surface area contributed by atoms with Crippen LogP contribution >= 0.6 is 0 Å². The van der Waals surface area contributed by atoms with E-state index >= 15 is 0 Å². The minimum Gasteiger partial charge on any atom is -0.270 e. The number of nitrogens with zero attached hydrogens (tertiary/aromatic N) is 1. The molecule has 0 bridgehead atoms. The minimum atomic E-state index is -0.455. The van der Waals surface area contributed by atoms with Crippen LogP contribution in [-0.2, 0) is 11.8 Å². The normalized spacial score (nSPS) is 23.5. The van der Waals surface area contributed by atoms with Crippen LogP contribution in [0.5, 0.6) is 0 Å². The third kappa shape index (κ3) is 2.22. The summed E-state index contributed by atoms with van der Waals surface area (Å²) in [6.07, 6.45) is 1.62. The standard InChI is InChI=1S/C25H21NO2/c1-25(18-10-3-2-4-11-18)21-14-8-5-9-17(21)15-16-22(25)26-23(27)19-12-6-7-13-20(19)24(26)28/h2-14,22H,15-16H2,1H3/t22-,25-/m1/s1. The average Bonchev–Trinajstić information content (AvgIpc) is 3.00. The Bertz CT molecular complexity index is 1050. The van der Waals surface area contributed by atoms with E-state index < -0.39 is 5.41 Å². The van der Waals surface area contributed by atoms with Crippen LogP contribution in [-0.4, -0.2) is 22.8 Å². The Labute approximate surface area is 164 Å². The fraction of sp³-hybridized carbons (Fsp3) is 0.200. The molecular formula is C25H21NO2. The highest BCUT2D eigenvalue weighted by Gasteiger charge is 2.50. The largest absolute Gasteiger partial charge is 0.270 e. The van der Waals surface area contributed by atoms with E-state index in [2.05, 4.69) is 37.3 Å². The summed E-state index contributed by atoms with van der Waals surface area (Å²) in [4.78, 5) is 28.0. The summed E-state index contributed by atoms with van der Waals surface area (Å²) in [7, 11) is 0. The number of imide groups is 1. The molecule has 0 aromatic heterocycles. The Morgan fingerprint density at radius 3 is 2.04 bits per heavy atom. The Kier molecular flexibility index (Phi) is 3.73. The molecule has 3 nitrogen and oxygen atoms in total. The van der Waals surface area contributed by atoms with E-state index in [4.69, 9.17) is 0 Å². The van der Waals surface area contributed by atoms with Crippen LogP contribution in [0.1, 0.15) is 50.8 Å². The highest BCUT2D eigenvalue weighted by Crippen LogP contribution is 2.46. The van der Waals surface area contributed by atoms with Crippen molar-refractivity contribution in [3.05, 3.63) is 107 Å². The van der Waals surface area contributed by atoms with Gasteiger partial charge in [0.1, 0.15) is 0 Å². The molecule has 1 aliphatic heterocycles. The molecule has 2 aliphatic rings. The predicted octanol–water partition coefficient (Wildman–Crippen LogP) is 4.60. The molecule has 0 spiro atoms. The average molecular weight is 367 g/mol. The van der Waals surface area contributed by atoms with Gasteiger partial charge in [-0.15, -0.1) is 0 Å². The molecule has 0 saturated heterocycles. The lowest BCUT2D eigenvalue weighted by Gasteiger charge is -2.46. The number of aryl methyl sites for hydroxylation is 1. The molecule has 28 heavy (non-hydrogen) atoms. The van der Waals surface area contributed by atoms with Crippen molar-refractivity contribution >= 4 is 11.8 Å². The molecule has 1 heterocycles. The zero-order chi connectivity index (χ0) is 19.3. The van der Waals surface area contributed by atoms with Crippen molar-refractivity contribution in [2.75, 3.05) is 0 Å². The van der Waals surface area contributed by atoms with Crippen molar-refractivity contribution in [1.82, 2.24) is 4.90 Å². The van der Waals surface area contributed by atoms with Gasteiger partial charge in [0, 0.05) is 5.41 Å². The molecule has 0 saturated carbocycles. The lowest BCUT2D eigenvalue weighted by atomic mass is 9.63. The van der Waals surface area contributed by atoms with Crippen LogP contribution in [0.3, 0.4) is 0 Å². The molecule has 3 heteroatoms. The van der Waals surface area contributed by atoms with Crippen LogP contribution in [0.25, 0.3) is 0 Å². The van der Waals surface area contributed by atoms with Crippen molar-refractivity contribution < 1.29 is 9.59 Å². The smallest absolute Gasteiger partial charge is 0.261 e. The van der Waals surface area contributed by atoms with E-state index in [1.807, 2.05) is 36.4 Å². The summed E-state index contributed by atoms with van der Waals surface area (Å²) in [6.45, 7) is 2.18. The fourth-order valence-electron chi connectivity index (χ4n) is 5.02. The maximum atomic E-state index is 13.2. The van der Waals surface area contributed by atoms with Gasteiger partial charge in [0.15, 0.2) is 0 Å². The zero-order valence-corrected chi connectivity index (χ0v) is 15.8. The molecule has 2 atom stereocenters. The van der Waals surface area contributed by atoms with Gasteiger partial charge >= 0.3 is 0 Å². The number of fused-ring (bicyclic) bond motifs is 2. The first-order valence-electron chi connectivity index (χ1n) is 9.73. The number of hydrogen-bond donors (Lipinski definition) is 0. The summed E-state index contributed by atoms with van der Waals surface area (Å²) < 4.78 is 0. The van der Waals surface area contributed by atoms with Crippen molar-refractivity contribution in [2.45, 2.75) is 31.2 Å². The highest BCUT2D eigenvalue weighted by atomic mass is 16.2. The first-order valence-corrected chi connectivity index (χ1v) is 9.73. The minimum absolute atomic E-state index is 0.174. The molecule has 0 N–H and O–H groups in total. The van der Waals surface area contributed by atoms with Crippen molar-refractivity contribution in [3.63, 3.8) is 0 Å². The fourth-order valence-corrected chi connectivity index (χ4v) is 5.02. The van der Waals surface area contributed by atoms with E-state index in [1.54, 1.807) is 12.1 Å². The van der Waals surface area contributed by atoms with E-state index in [1.165, 1.54) is 16.0 Å². The number of carbonyl (C=O) groups excluding carboxylic acids is 2. The van der Waals surface area contributed by atoms with Crippen LogP contribution in [0.4, 0.5) is 0 Å². The number of carbonyl (C=O) groups is 2.